The first-order chi connectivity index (χ1) is 8.31. The number of nitrogens with zero attached hydrogens (tertiary/aromatic N) is 1. The Morgan fingerprint density at radius 2 is 2.06 bits per heavy atom. The van der Waals surface area contributed by atoms with Gasteiger partial charge in [0, 0.05) is 12.5 Å². The molecule has 3 nitrogen and oxygen atoms in total. The van der Waals surface area contributed by atoms with Crippen LogP contribution in [0.15, 0.2) is 10.6 Å². The van der Waals surface area contributed by atoms with Crippen molar-refractivity contribution in [3.8, 4) is 0 Å². The second-order valence-electron chi connectivity index (χ2n) is 5.08. The Kier molecular flexibility index (Phi) is 4.60. The van der Waals surface area contributed by atoms with Crippen molar-refractivity contribution in [2.24, 2.45) is 5.92 Å². The zero-order valence-electron chi connectivity index (χ0n) is 11.0. The fraction of sp³-hybridized carbons (Fsp3) is 0.786. The predicted molar refractivity (Wildman–Crippen MR) is 68.8 cm³/mol. The van der Waals surface area contributed by atoms with Crippen LogP contribution < -0.4 is 5.32 Å². The lowest BCUT2D eigenvalue weighted by molar-refractivity contribution is 0.278. The largest absolute Gasteiger partial charge is 0.444 e. The molecule has 1 fully saturated rings. The van der Waals surface area contributed by atoms with Crippen LogP contribution in [0.4, 0.5) is 0 Å². The Hall–Kier alpha value is -0.830. The van der Waals surface area contributed by atoms with Gasteiger partial charge in [0.1, 0.15) is 5.76 Å². The quantitative estimate of drug-likeness (QED) is 0.852. The van der Waals surface area contributed by atoms with Crippen LogP contribution >= 0.6 is 0 Å². The normalized spacial score (nSPS) is 25.1. The number of hydrogen-bond donors (Lipinski definition) is 1. The summed E-state index contributed by atoms with van der Waals surface area (Å²) in [5.74, 6) is 2.78. The maximum absolute atomic E-state index is 5.59. The van der Waals surface area contributed by atoms with Crippen LogP contribution in [0.25, 0.3) is 0 Å². The summed E-state index contributed by atoms with van der Waals surface area (Å²) < 4.78 is 5.59. The Labute approximate surface area is 104 Å². The lowest BCUT2D eigenvalue weighted by atomic mass is 9.84. The molecule has 17 heavy (non-hydrogen) atoms. The summed E-state index contributed by atoms with van der Waals surface area (Å²) in [7, 11) is 0. The van der Waals surface area contributed by atoms with Crippen LogP contribution in [0.5, 0.6) is 0 Å². The average Bonchev–Trinajstić information content (AvgIpc) is 2.85. The Bertz CT molecular complexity index is 327. The molecule has 0 amide bonds. The van der Waals surface area contributed by atoms with Gasteiger partial charge in [-0.05, 0) is 31.6 Å². The molecule has 1 N–H and O–H groups in total. The molecule has 1 aliphatic carbocycles. The van der Waals surface area contributed by atoms with E-state index in [2.05, 4.69) is 24.1 Å². The molecule has 0 bridgehead atoms. The summed E-state index contributed by atoms with van der Waals surface area (Å²) in [4.78, 5) is 4.27. The SMILES string of the molecule is CCc1cnc(CNC2CCC(CC)CC2)o1. The first kappa shape index (κ1) is 12.6. The molecular weight excluding hydrogens is 212 g/mol. The molecule has 1 aromatic rings. The van der Waals surface area contributed by atoms with Gasteiger partial charge in [0.2, 0.25) is 5.89 Å². The van der Waals surface area contributed by atoms with Gasteiger partial charge >= 0.3 is 0 Å². The molecule has 0 aliphatic heterocycles. The minimum absolute atomic E-state index is 0.662. The third-order valence-corrected chi connectivity index (χ3v) is 3.92. The summed E-state index contributed by atoms with van der Waals surface area (Å²) in [5.41, 5.74) is 0. The molecular formula is C14H24N2O. The molecule has 1 heterocycles. The second-order valence-corrected chi connectivity index (χ2v) is 5.08. The number of aryl methyl sites for hydroxylation is 1. The van der Waals surface area contributed by atoms with Crippen molar-refractivity contribution in [3.05, 3.63) is 17.8 Å². The van der Waals surface area contributed by atoms with Crippen LogP contribution in [0.3, 0.4) is 0 Å². The van der Waals surface area contributed by atoms with Gasteiger partial charge in [-0.15, -0.1) is 0 Å². The first-order valence-corrected chi connectivity index (χ1v) is 6.98. The highest BCUT2D eigenvalue weighted by Gasteiger charge is 2.19. The van der Waals surface area contributed by atoms with Crippen LogP contribution in [-0.2, 0) is 13.0 Å². The highest BCUT2D eigenvalue weighted by molar-refractivity contribution is 4.93. The van der Waals surface area contributed by atoms with Crippen molar-refractivity contribution in [1.82, 2.24) is 10.3 Å². The van der Waals surface area contributed by atoms with E-state index in [1.54, 1.807) is 0 Å². The molecule has 0 atom stereocenters. The van der Waals surface area contributed by atoms with Crippen LogP contribution in [0.1, 0.15) is 57.6 Å². The molecule has 3 heteroatoms. The van der Waals surface area contributed by atoms with E-state index in [4.69, 9.17) is 4.42 Å². The van der Waals surface area contributed by atoms with Crippen LogP contribution in [-0.4, -0.2) is 11.0 Å². The number of oxazole rings is 1. The number of aromatic nitrogens is 1. The van der Waals surface area contributed by atoms with Crippen molar-refractivity contribution in [3.63, 3.8) is 0 Å². The third-order valence-electron chi connectivity index (χ3n) is 3.92. The monoisotopic (exact) mass is 236 g/mol. The second kappa shape index (κ2) is 6.20. The third kappa shape index (κ3) is 3.56. The highest BCUT2D eigenvalue weighted by Crippen LogP contribution is 2.26. The lowest BCUT2D eigenvalue weighted by Gasteiger charge is -2.28. The van der Waals surface area contributed by atoms with Gasteiger partial charge in [-0.2, -0.15) is 0 Å². The van der Waals surface area contributed by atoms with Gasteiger partial charge < -0.3 is 9.73 Å². The topological polar surface area (TPSA) is 38.1 Å². The summed E-state index contributed by atoms with van der Waals surface area (Å²) in [6, 6.07) is 0.662. The maximum Gasteiger partial charge on any atom is 0.208 e. The molecule has 1 saturated carbocycles. The van der Waals surface area contributed by atoms with Gasteiger partial charge in [-0.3, -0.25) is 0 Å². The van der Waals surface area contributed by atoms with Gasteiger partial charge in [0.25, 0.3) is 0 Å². The Morgan fingerprint density at radius 3 is 2.65 bits per heavy atom. The highest BCUT2D eigenvalue weighted by atomic mass is 16.4. The minimum Gasteiger partial charge on any atom is -0.444 e. The predicted octanol–water partition coefficient (Wildman–Crippen LogP) is 3.30. The van der Waals surface area contributed by atoms with E-state index in [0.717, 1.165) is 30.5 Å². The molecule has 0 spiro atoms. The molecule has 0 aromatic carbocycles. The Morgan fingerprint density at radius 1 is 1.29 bits per heavy atom. The van der Waals surface area contributed by atoms with Gasteiger partial charge in [-0.25, -0.2) is 4.98 Å². The van der Waals surface area contributed by atoms with Gasteiger partial charge in [-0.1, -0.05) is 20.3 Å². The number of nitrogens with one attached hydrogen (secondary N) is 1. The smallest absolute Gasteiger partial charge is 0.208 e. The van der Waals surface area contributed by atoms with E-state index in [1.807, 2.05) is 6.20 Å². The summed E-state index contributed by atoms with van der Waals surface area (Å²) >= 11 is 0. The van der Waals surface area contributed by atoms with Crippen molar-refractivity contribution in [2.45, 2.75) is 65.0 Å². The molecule has 1 aliphatic rings. The molecule has 1 aromatic heterocycles. The van der Waals surface area contributed by atoms with E-state index in [1.165, 1.54) is 32.1 Å². The molecule has 0 saturated heterocycles. The zero-order chi connectivity index (χ0) is 12.1. The van der Waals surface area contributed by atoms with Crippen molar-refractivity contribution >= 4 is 0 Å². The molecule has 96 valence electrons. The summed E-state index contributed by atoms with van der Waals surface area (Å²) in [5, 5.41) is 3.56. The lowest BCUT2D eigenvalue weighted by Crippen LogP contribution is -2.32. The number of hydrogen-bond acceptors (Lipinski definition) is 3. The van der Waals surface area contributed by atoms with Crippen LogP contribution in [0.2, 0.25) is 0 Å². The summed E-state index contributed by atoms with van der Waals surface area (Å²) in [6.45, 7) is 5.17. The maximum atomic E-state index is 5.59. The van der Waals surface area contributed by atoms with E-state index in [-0.39, 0.29) is 0 Å². The van der Waals surface area contributed by atoms with Gasteiger partial charge in [0.05, 0.1) is 12.7 Å². The van der Waals surface area contributed by atoms with Crippen molar-refractivity contribution in [1.29, 1.82) is 0 Å². The summed E-state index contributed by atoms with van der Waals surface area (Å²) in [6.07, 6.45) is 9.46. The molecule has 0 radical (unpaired) electrons. The van der Waals surface area contributed by atoms with Crippen LogP contribution in [0, 0.1) is 5.92 Å². The van der Waals surface area contributed by atoms with E-state index >= 15 is 0 Å². The van der Waals surface area contributed by atoms with E-state index in [9.17, 15) is 0 Å². The molecule has 2 rings (SSSR count). The van der Waals surface area contributed by atoms with E-state index in [0.29, 0.717) is 6.04 Å². The van der Waals surface area contributed by atoms with Crippen molar-refractivity contribution < 1.29 is 4.42 Å². The zero-order valence-corrected chi connectivity index (χ0v) is 11.0. The first-order valence-electron chi connectivity index (χ1n) is 6.98. The minimum atomic E-state index is 0.662. The number of rotatable bonds is 5. The fourth-order valence-electron chi connectivity index (χ4n) is 2.60. The van der Waals surface area contributed by atoms with Gasteiger partial charge in [0.15, 0.2) is 0 Å². The standard InChI is InChI=1S/C14H24N2O/c1-3-11-5-7-12(8-6-11)15-10-14-16-9-13(4-2)17-14/h9,11-12,15H,3-8,10H2,1-2H3. The fourth-order valence-corrected chi connectivity index (χ4v) is 2.60. The average molecular weight is 236 g/mol. The van der Waals surface area contributed by atoms with E-state index < -0.39 is 0 Å². The van der Waals surface area contributed by atoms with Crippen molar-refractivity contribution in [2.75, 3.05) is 0 Å². The Balaban J connectivity index is 1.72. The molecule has 0 unspecified atom stereocenters.